The van der Waals surface area contributed by atoms with Gasteiger partial charge in [-0.05, 0) is 6.92 Å². The minimum atomic E-state index is -1.07. The molecule has 7 heteroatoms. The molecule has 0 amide bonds. The van der Waals surface area contributed by atoms with Crippen molar-refractivity contribution >= 4 is 19.1 Å². The Kier molecular flexibility index (Phi) is 5.18. The number of allylic oxidation sites excluding steroid dienone is 2. The Balaban J connectivity index is 2.71. The molecule has 0 bridgehead atoms. The fourth-order valence-electron chi connectivity index (χ4n) is 1.45. The molecule has 0 unspecified atom stereocenters. The van der Waals surface area contributed by atoms with E-state index in [2.05, 4.69) is 9.47 Å². The fraction of sp³-hybridized carbons (Fsp3) is 0.600. The zero-order chi connectivity index (χ0) is 12.8. The van der Waals surface area contributed by atoms with Crippen LogP contribution in [0.15, 0.2) is 12.2 Å². The van der Waals surface area contributed by atoms with Gasteiger partial charge in [-0.3, -0.25) is 0 Å². The van der Waals surface area contributed by atoms with Crippen LogP contribution in [0, 0.1) is 0 Å². The largest absolute Gasteiger partial charge is 0.467 e. The molecule has 94 valence electrons. The lowest BCUT2D eigenvalue weighted by Crippen LogP contribution is -2.38. The zero-order valence-corrected chi connectivity index (χ0v) is 10.0. The first kappa shape index (κ1) is 13.7. The van der Waals surface area contributed by atoms with E-state index in [-0.39, 0.29) is 0 Å². The standard InChI is InChI=1S/C10H15BO6/c1-4-5-6-11-16-7(9(12)14-2)8(17-11)10(13)15-3/h4-5,7-8H,6H2,1-3H3/b5-4+/t7-,8-/m0/s1. The van der Waals surface area contributed by atoms with Gasteiger partial charge >= 0.3 is 19.1 Å². The highest BCUT2D eigenvalue weighted by atomic mass is 16.7. The molecule has 0 aromatic rings. The van der Waals surface area contributed by atoms with Gasteiger partial charge in [0, 0.05) is 6.32 Å². The van der Waals surface area contributed by atoms with E-state index >= 15 is 0 Å². The second-order valence-corrected chi connectivity index (χ2v) is 3.39. The molecular formula is C10H15BO6. The Morgan fingerprint density at radius 3 is 2.00 bits per heavy atom. The van der Waals surface area contributed by atoms with Crippen molar-refractivity contribution < 1.29 is 28.4 Å². The molecule has 0 aromatic heterocycles. The van der Waals surface area contributed by atoms with Crippen LogP contribution in [-0.4, -0.2) is 45.5 Å². The number of hydrogen-bond donors (Lipinski definition) is 0. The molecule has 0 spiro atoms. The first-order chi connectivity index (χ1) is 8.13. The topological polar surface area (TPSA) is 71.1 Å². The van der Waals surface area contributed by atoms with E-state index in [1.807, 2.05) is 19.1 Å². The molecular weight excluding hydrogens is 227 g/mol. The van der Waals surface area contributed by atoms with Crippen molar-refractivity contribution in [2.45, 2.75) is 25.5 Å². The third-order valence-corrected chi connectivity index (χ3v) is 2.30. The Morgan fingerprint density at radius 2 is 1.65 bits per heavy atom. The minimum Gasteiger partial charge on any atom is -0.467 e. The molecule has 0 aromatic carbocycles. The van der Waals surface area contributed by atoms with Gasteiger partial charge in [0.05, 0.1) is 14.2 Å². The summed E-state index contributed by atoms with van der Waals surface area (Å²) in [5.74, 6) is -1.30. The number of esters is 2. The van der Waals surface area contributed by atoms with E-state index in [0.29, 0.717) is 6.32 Å². The van der Waals surface area contributed by atoms with Crippen molar-refractivity contribution in [2.75, 3.05) is 14.2 Å². The predicted molar refractivity (Wildman–Crippen MR) is 59.2 cm³/mol. The maximum atomic E-state index is 11.4. The van der Waals surface area contributed by atoms with Crippen LogP contribution in [0.3, 0.4) is 0 Å². The average molecular weight is 242 g/mol. The molecule has 1 rings (SSSR count). The van der Waals surface area contributed by atoms with Crippen molar-refractivity contribution in [2.24, 2.45) is 0 Å². The smallest absolute Gasteiger partial charge is 0.462 e. The van der Waals surface area contributed by atoms with Crippen LogP contribution in [0.5, 0.6) is 0 Å². The van der Waals surface area contributed by atoms with E-state index < -0.39 is 31.3 Å². The van der Waals surface area contributed by atoms with Gasteiger partial charge in [0.1, 0.15) is 0 Å². The number of rotatable bonds is 4. The van der Waals surface area contributed by atoms with Gasteiger partial charge in [-0.1, -0.05) is 12.2 Å². The third-order valence-electron chi connectivity index (χ3n) is 2.30. The Bertz CT molecular complexity index is 292. The summed E-state index contributed by atoms with van der Waals surface area (Å²) in [6.07, 6.45) is 1.96. The summed E-state index contributed by atoms with van der Waals surface area (Å²) in [5, 5.41) is 0. The van der Waals surface area contributed by atoms with Crippen molar-refractivity contribution in [3.05, 3.63) is 12.2 Å². The molecule has 1 aliphatic heterocycles. The lowest BCUT2D eigenvalue weighted by atomic mass is 9.85. The monoisotopic (exact) mass is 242 g/mol. The van der Waals surface area contributed by atoms with E-state index in [1.54, 1.807) is 0 Å². The Labute approximate surface area is 100.0 Å². The van der Waals surface area contributed by atoms with Crippen LogP contribution in [-0.2, 0) is 28.4 Å². The van der Waals surface area contributed by atoms with Crippen molar-refractivity contribution in [1.29, 1.82) is 0 Å². The molecule has 0 radical (unpaired) electrons. The van der Waals surface area contributed by atoms with Crippen molar-refractivity contribution in [1.82, 2.24) is 0 Å². The first-order valence-corrected chi connectivity index (χ1v) is 5.21. The summed E-state index contributed by atoms with van der Waals surface area (Å²) in [7, 11) is 1.80. The van der Waals surface area contributed by atoms with E-state index in [4.69, 9.17) is 9.31 Å². The molecule has 17 heavy (non-hydrogen) atoms. The maximum Gasteiger partial charge on any atom is 0.462 e. The summed E-state index contributed by atoms with van der Waals surface area (Å²) in [6.45, 7) is 1.85. The second-order valence-electron chi connectivity index (χ2n) is 3.39. The molecule has 1 fully saturated rings. The van der Waals surface area contributed by atoms with E-state index in [1.165, 1.54) is 14.2 Å². The van der Waals surface area contributed by atoms with Gasteiger partial charge in [-0.2, -0.15) is 0 Å². The van der Waals surface area contributed by atoms with Gasteiger partial charge in [0.15, 0.2) is 12.2 Å². The van der Waals surface area contributed by atoms with Gasteiger partial charge in [-0.25, -0.2) is 9.59 Å². The van der Waals surface area contributed by atoms with Crippen LogP contribution < -0.4 is 0 Å². The maximum absolute atomic E-state index is 11.4. The van der Waals surface area contributed by atoms with Crippen LogP contribution in [0.25, 0.3) is 0 Å². The summed E-state index contributed by atoms with van der Waals surface area (Å²) in [5.41, 5.74) is 0. The second kappa shape index (κ2) is 6.41. The molecule has 1 aliphatic rings. The average Bonchev–Trinajstić information content (AvgIpc) is 2.78. The summed E-state index contributed by atoms with van der Waals surface area (Å²) in [4.78, 5) is 22.8. The van der Waals surface area contributed by atoms with Crippen molar-refractivity contribution in [3.63, 3.8) is 0 Å². The van der Waals surface area contributed by atoms with Crippen LogP contribution in [0.2, 0.25) is 6.32 Å². The van der Waals surface area contributed by atoms with Crippen LogP contribution >= 0.6 is 0 Å². The molecule has 2 atom stereocenters. The van der Waals surface area contributed by atoms with Gasteiger partial charge in [0.2, 0.25) is 0 Å². The normalized spacial score (nSPS) is 24.1. The number of ether oxygens (including phenoxy) is 2. The quantitative estimate of drug-likeness (QED) is 0.398. The van der Waals surface area contributed by atoms with Gasteiger partial charge in [0.25, 0.3) is 0 Å². The first-order valence-electron chi connectivity index (χ1n) is 5.21. The molecule has 0 saturated carbocycles. The molecule has 0 N–H and O–H groups in total. The van der Waals surface area contributed by atoms with E-state index in [9.17, 15) is 9.59 Å². The highest BCUT2D eigenvalue weighted by Crippen LogP contribution is 2.21. The SMILES string of the molecule is C/C=C/CB1O[C@H](C(=O)OC)[C@@H](C(=O)OC)O1. The lowest BCUT2D eigenvalue weighted by molar-refractivity contribution is -0.160. The Morgan fingerprint density at radius 1 is 1.18 bits per heavy atom. The molecule has 1 saturated heterocycles. The van der Waals surface area contributed by atoms with Crippen LogP contribution in [0.1, 0.15) is 6.92 Å². The third kappa shape index (κ3) is 3.31. The van der Waals surface area contributed by atoms with Crippen LogP contribution in [0.4, 0.5) is 0 Å². The molecule has 0 aliphatic carbocycles. The number of carbonyl (C=O) groups is 2. The predicted octanol–water partition coefficient (Wildman–Crippen LogP) is 0.181. The van der Waals surface area contributed by atoms with E-state index in [0.717, 1.165) is 0 Å². The minimum absolute atomic E-state index is 0.456. The molecule has 1 heterocycles. The lowest BCUT2D eigenvalue weighted by Gasteiger charge is -2.13. The highest BCUT2D eigenvalue weighted by Gasteiger charge is 2.48. The highest BCUT2D eigenvalue weighted by molar-refractivity contribution is 6.46. The van der Waals surface area contributed by atoms with Gasteiger partial charge < -0.3 is 18.8 Å². The zero-order valence-electron chi connectivity index (χ0n) is 10.0. The number of carbonyl (C=O) groups excluding carboxylic acids is 2. The number of methoxy groups -OCH3 is 2. The fourth-order valence-corrected chi connectivity index (χ4v) is 1.45. The van der Waals surface area contributed by atoms with Crippen molar-refractivity contribution in [3.8, 4) is 0 Å². The summed E-state index contributed by atoms with van der Waals surface area (Å²) >= 11 is 0. The van der Waals surface area contributed by atoms with Gasteiger partial charge in [-0.15, -0.1) is 0 Å². The Hall–Kier alpha value is -1.34. The summed E-state index contributed by atoms with van der Waals surface area (Å²) in [6, 6.07) is 0. The molecule has 6 nitrogen and oxygen atoms in total. The number of hydrogen-bond acceptors (Lipinski definition) is 6. The summed E-state index contributed by atoms with van der Waals surface area (Å²) < 4.78 is 19.7.